The quantitative estimate of drug-likeness (QED) is 0.542. The molecule has 3 rings (SSSR count). The SMILES string of the molecule is Cc1nc(NCCNS(=O)(=O)c2cn(C)c(C(C)C)n2)cc(-n2cccn2)n1. The maximum absolute atomic E-state index is 12.4. The normalized spacial score (nSPS) is 11.9. The Labute approximate surface area is 164 Å². The molecule has 0 aliphatic carbocycles. The van der Waals surface area contributed by atoms with Gasteiger partial charge >= 0.3 is 0 Å². The number of anilines is 1. The van der Waals surface area contributed by atoms with Crippen molar-refractivity contribution in [1.82, 2.24) is 34.0 Å². The molecule has 0 aromatic carbocycles. The first-order valence-electron chi connectivity index (χ1n) is 8.89. The van der Waals surface area contributed by atoms with Crippen LogP contribution in [0.1, 0.15) is 31.4 Å². The smallest absolute Gasteiger partial charge is 0.259 e. The van der Waals surface area contributed by atoms with Gasteiger partial charge in [-0.3, -0.25) is 0 Å². The van der Waals surface area contributed by atoms with Gasteiger partial charge in [-0.05, 0) is 13.0 Å². The van der Waals surface area contributed by atoms with Gasteiger partial charge in [0.15, 0.2) is 10.8 Å². The molecule has 10 nitrogen and oxygen atoms in total. The number of sulfonamides is 1. The molecule has 3 heterocycles. The fraction of sp³-hybridized carbons (Fsp3) is 0.412. The molecule has 0 amide bonds. The van der Waals surface area contributed by atoms with Crippen LogP contribution in [0.2, 0.25) is 0 Å². The summed E-state index contributed by atoms with van der Waals surface area (Å²) in [6, 6.07) is 3.56. The van der Waals surface area contributed by atoms with E-state index in [2.05, 4.69) is 30.1 Å². The topological polar surface area (TPSA) is 120 Å². The van der Waals surface area contributed by atoms with Crippen LogP contribution in [0, 0.1) is 6.92 Å². The van der Waals surface area contributed by atoms with E-state index in [9.17, 15) is 8.42 Å². The first-order chi connectivity index (χ1) is 13.3. The van der Waals surface area contributed by atoms with Crippen molar-refractivity contribution in [2.45, 2.75) is 31.7 Å². The Balaban J connectivity index is 1.60. The summed E-state index contributed by atoms with van der Waals surface area (Å²) in [5.74, 6) is 2.68. The number of aromatic nitrogens is 6. The van der Waals surface area contributed by atoms with Crippen LogP contribution in [0.15, 0.2) is 35.7 Å². The monoisotopic (exact) mass is 404 g/mol. The Bertz CT molecular complexity index is 1040. The zero-order chi connectivity index (χ0) is 20.3. The van der Waals surface area contributed by atoms with Crippen LogP contribution in [-0.2, 0) is 17.1 Å². The van der Waals surface area contributed by atoms with E-state index >= 15 is 0 Å². The van der Waals surface area contributed by atoms with Crippen molar-refractivity contribution >= 4 is 15.8 Å². The summed E-state index contributed by atoms with van der Waals surface area (Å²) in [4.78, 5) is 12.9. The summed E-state index contributed by atoms with van der Waals surface area (Å²) in [6.07, 6.45) is 4.98. The van der Waals surface area contributed by atoms with Crippen molar-refractivity contribution in [2.24, 2.45) is 7.05 Å². The van der Waals surface area contributed by atoms with Gasteiger partial charge in [0.25, 0.3) is 10.0 Å². The Kier molecular flexibility index (Phi) is 5.75. The van der Waals surface area contributed by atoms with Gasteiger partial charge in [-0.25, -0.2) is 32.8 Å². The Morgan fingerprint density at radius 2 is 1.96 bits per heavy atom. The second-order valence-electron chi connectivity index (χ2n) is 6.64. The van der Waals surface area contributed by atoms with Gasteiger partial charge in [0, 0.05) is 50.7 Å². The van der Waals surface area contributed by atoms with Crippen LogP contribution in [0.25, 0.3) is 5.82 Å². The molecule has 3 aromatic rings. The lowest BCUT2D eigenvalue weighted by Gasteiger charge is -2.09. The first kappa shape index (κ1) is 20.0. The van der Waals surface area contributed by atoms with Crippen LogP contribution in [0.3, 0.4) is 0 Å². The lowest BCUT2D eigenvalue weighted by molar-refractivity contribution is 0.579. The van der Waals surface area contributed by atoms with Crippen LogP contribution in [0.4, 0.5) is 5.82 Å². The number of nitrogens with zero attached hydrogens (tertiary/aromatic N) is 6. The van der Waals surface area contributed by atoms with E-state index in [0.717, 1.165) is 5.82 Å². The molecular formula is C17H24N8O2S. The summed E-state index contributed by atoms with van der Waals surface area (Å²) >= 11 is 0. The molecule has 0 spiro atoms. The molecule has 28 heavy (non-hydrogen) atoms. The molecule has 0 fully saturated rings. The minimum atomic E-state index is -3.67. The summed E-state index contributed by atoms with van der Waals surface area (Å²) in [5.41, 5.74) is 0. The lowest BCUT2D eigenvalue weighted by Crippen LogP contribution is -2.29. The van der Waals surface area contributed by atoms with E-state index in [0.29, 0.717) is 24.0 Å². The molecule has 0 saturated carbocycles. The first-order valence-corrected chi connectivity index (χ1v) is 10.4. The highest BCUT2D eigenvalue weighted by Crippen LogP contribution is 2.15. The van der Waals surface area contributed by atoms with Crippen molar-refractivity contribution in [1.29, 1.82) is 0 Å². The molecule has 0 atom stereocenters. The molecule has 3 aromatic heterocycles. The molecule has 0 aliphatic rings. The second kappa shape index (κ2) is 8.07. The van der Waals surface area contributed by atoms with Gasteiger partial charge in [0.1, 0.15) is 17.5 Å². The number of hydrogen-bond acceptors (Lipinski definition) is 7. The van der Waals surface area contributed by atoms with Gasteiger partial charge in [-0.15, -0.1) is 0 Å². The average molecular weight is 405 g/mol. The predicted molar refractivity (Wildman–Crippen MR) is 105 cm³/mol. The molecule has 0 bridgehead atoms. The molecule has 0 aliphatic heterocycles. The Hall–Kier alpha value is -2.79. The fourth-order valence-corrected chi connectivity index (χ4v) is 3.76. The number of imidazole rings is 1. The third-order valence-corrected chi connectivity index (χ3v) is 5.30. The third-order valence-electron chi connectivity index (χ3n) is 3.97. The summed E-state index contributed by atoms with van der Waals surface area (Å²) in [6.45, 7) is 6.27. The number of hydrogen-bond donors (Lipinski definition) is 2. The highest BCUT2D eigenvalue weighted by molar-refractivity contribution is 7.89. The summed E-state index contributed by atoms with van der Waals surface area (Å²) < 4.78 is 30.8. The number of aryl methyl sites for hydroxylation is 2. The predicted octanol–water partition coefficient (Wildman–Crippen LogP) is 1.22. The molecule has 0 saturated heterocycles. The Morgan fingerprint density at radius 3 is 2.61 bits per heavy atom. The van der Waals surface area contributed by atoms with E-state index in [1.165, 1.54) is 6.20 Å². The zero-order valence-corrected chi connectivity index (χ0v) is 17.1. The molecule has 11 heteroatoms. The van der Waals surface area contributed by atoms with E-state index < -0.39 is 10.0 Å². The van der Waals surface area contributed by atoms with Gasteiger partial charge < -0.3 is 9.88 Å². The van der Waals surface area contributed by atoms with E-state index in [-0.39, 0.29) is 17.5 Å². The summed E-state index contributed by atoms with van der Waals surface area (Å²) in [5, 5.41) is 7.28. The largest absolute Gasteiger partial charge is 0.369 e. The van der Waals surface area contributed by atoms with Crippen molar-refractivity contribution in [3.63, 3.8) is 0 Å². The standard InChI is InChI=1S/C17H24N8O2S/c1-12(2)17-23-16(11-24(17)4)28(26,27)20-8-7-18-14-10-15(22-13(3)21-14)25-9-5-6-19-25/h5-6,9-12,20H,7-8H2,1-4H3,(H,18,21,22). The maximum Gasteiger partial charge on any atom is 0.259 e. The lowest BCUT2D eigenvalue weighted by atomic mass is 10.2. The van der Waals surface area contributed by atoms with E-state index in [1.54, 1.807) is 41.7 Å². The van der Waals surface area contributed by atoms with E-state index in [4.69, 9.17) is 0 Å². The zero-order valence-electron chi connectivity index (χ0n) is 16.3. The minimum Gasteiger partial charge on any atom is -0.369 e. The molecule has 2 N–H and O–H groups in total. The molecular weight excluding hydrogens is 380 g/mol. The number of nitrogens with one attached hydrogen (secondary N) is 2. The van der Waals surface area contributed by atoms with Gasteiger partial charge in [-0.2, -0.15) is 5.10 Å². The van der Waals surface area contributed by atoms with Crippen LogP contribution >= 0.6 is 0 Å². The second-order valence-corrected chi connectivity index (χ2v) is 8.35. The van der Waals surface area contributed by atoms with Crippen LogP contribution in [-0.4, -0.2) is 50.8 Å². The van der Waals surface area contributed by atoms with Gasteiger partial charge in [-0.1, -0.05) is 13.8 Å². The van der Waals surface area contributed by atoms with Crippen molar-refractivity contribution < 1.29 is 8.42 Å². The molecule has 0 radical (unpaired) electrons. The molecule has 0 unspecified atom stereocenters. The average Bonchev–Trinajstić information content (AvgIpc) is 3.28. The van der Waals surface area contributed by atoms with Crippen LogP contribution < -0.4 is 10.0 Å². The van der Waals surface area contributed by atoms with Crippen molar-refractivity contribution in [2.75, 3.05) is 18.4 Å². The van der Waals surface area contributed by atoms with E-state index in [1.807, 2.05) is 19.9 Å². The maximum atomic E-state index is 12.4. The third kappa shape index (κ3) is 4.54. The Morgan fingerprint density at radius 1 is 1.18 bits per heavy atom. The highest BCUT2D eigenvalue weighted by Gasteiger charge is 2.20. The fourth-order valence-electron chi connectivity index (χ4n) is 2.73. The van der Waals surface area contributed by atoms with Gasteiger partial charge in [0.05, 0.1) is 0 Å². The summed E-state index contributed by atoms with van der Waals surface area (Å²) in [7, 11) is -1.88. The van der Waals surface area contributed by atoms with Gasteiger partial charge in [0.2, 0.25) is 0 Å². The van der Waals surface area contributed by atoms with Crippen molar-refractivity contribution in [3.8, 4) is 5.82 Å². The van der Waals surface area contributed by atoms with Crippen LogP contribution in [0.5, 0.6) is 0 Å². The molecule has 150 valence electrons. The minimum absolute atomic E-state index is 0.0255. The number of rotatable bonds is 8. The highest BCUT2D eigenvalue weighted by atomic mass is 32.2. The van der Waals surface area contributed by atoms with Crippen molar-refractivity contribution in [3.05, 3.63) is 42.4 Å².